The number of amides is 1. The number of carbonyl (C=O) groups excluding carboxylic acids is 1. The molecule has 0 aliphatic heterocycles. The van der Waals surface area contributed by atoms with E-state index in [-0.39, 0.29) is 5.91 Å². The third kappa shape index (κ3) is 3.44. The van der Waals surface area contributed by atoms with E-state index in [1.54, 1.807) is 12.1 Å². The molecule has 1 aromatic heterocycles. The molecule has 0 aliphatic rings. The fraction of sp³-hybridized carbons (Fsp3) is 0.176. The molecule has 2 aromatic carbocycles. The maximum absolute atomic E-state index is 11.9. The Morgan fingerprint density at radius 1 is 1.09 bits per heavy atom. The molecule has 112 valence electrons. The highest BCUT2D eigenvalue weighted by atomic mass is 16.4. The van der Waals surface area contributed by atoms with E-state index in [0.29, 0.717) is 24.1 Å². The quantitative estimate of drug-likeness (QED) is 0.759. The monoisotopic (exact) mass is 296 g/mol. The highest BCUT2D eigenvalue weighted by Crippen LogP contribution is 2.12. The van der Waals surface area contributed by atoms with Crippen molar-refractivity contribution in [3.63, 3.8) is 0 Å². The average Bonchev–Trinajstić information content (AvgIpc) is 2.91. The molecule has 1 heterocycles. The molecular formula is C17H16N2O3. The van der Waals surface area contributed by atoms with E-state index in [4.69, 9.17) is 4.42 Å². The fourth-order valence-corrected chi connectivity index (χ4v) is 2.29. The molecule has 0 saturated carbocycles. The molecule has 2 N–H and O–H groups in total. The van der Waals surface area contributed by atoms with Crippen LogP contribution in [0.2, 0.25) is 0 Å². The van der Waals surface area contributed by atoms with Crippen LogP contribution in [-0.2, 0) is 17.8 Å². The molecule has 22 heavy (non-hydrogen) atoms. The standard InChI is InChI=1S/C17H16N2O3/c20-16(9-7-12-4-2-1-3-5-12)18-11-13-6-8-14-15(10-13)22-17(21)19-14/h1-6,8,10H,7,9,11H2,(H,18,20)(H,19,21). The molecule has 0 aliphatic carbocycles. The van der Waals surface area contributed by atoms with Gasteiger partial charge in [-0.3, -0.25) is 9.78 Å². The van der Waals surface area contributed by atoms with Gasteiger partial charge in [0.05, 0.1) is 5.52 Å². The second-order valence-corrected chi connectivity index (χ2v) is 5.11. The van der Waals surface area contributed by atoms with Crippen LogP contribution in [0.4, 0.5) is 0 Å². The van der Waals surface area contributed by atoms with Gasteiger partial charge in [0.25, 0.3) is 0 Å². The van der Waals surface area contributed by atoms with Crippen molar-refractivity contribution in [2.45, 2.75) is 19.4 Å². The Balaban J connectivity index is 1.54. The van der Waals surface area contributed by atoms with Crippen molar-refractivity contribution in [3.05, 3.63) is 70.2 Å². The maximum Gasteiger partial charge on any atom is 0.417 e. The van der Waals surface area contributed by atoms with Gasteiger partial charge in [-0.15, -0.1) is 0 Å². The van der Waals surface area contributed by atoms with Crippen LogP contribution in [0.5, 0.6) is 0 Å². The lowest BCUT2D eigenvalue weighted by Gasteiger charge is -2.05. The van der Waals surface area contributed by atoms with Gasteiger partial charge in [0, 0.05) is 13.0 Å². The molecule has 3 aromatic rings. The van der Waals surface area contributed by atoms with Crippen LogP contribution in [-0.4, -0.2) is 10.9 Å². The molecule has 5 heteroatoms. The largest absolute Gasteiger partial charge is 0.417 e. The predicted octanol–water partition coefficient (Wildman–Crippen LogP) is 2.37. The molecule has 0 spiro atoms. The first-order chi connectivity index (χ1) is 10.7. The molecule has 5 nitrogen and oxygen atoms in total. The van der Waals surface area contributed by atoms with Gasteiger partial charge < -0.3 is 9.73 Å². The summed E-state index contributed by atoms with van der Waals surface area (Å²) in [4.78, 5) is 25.5. The van der Waals surface area contributed by atoms with Gasteiger partial charge in [0.2, 0.25) is 5.91 Å². The number of hydrogen-bond donors (Lipinski definition) is 2. The van der Waals surface area contributed by atoms with Crippen LogP contribution in [0.1, 0.15) is 17.5 Å². The smallest absolute Gasteiger partial charge is 0.408 e. The minimum absolute atomic E-state index is 0.000490. The Morgan fingerprint density at radius 2 is 1.91 bits per heavy atom. The van der Waals surface area contributed by atoms with Crippen molar-refractivity contribution in [1.29, 1.82) is 0 Å². The van der Waals surface area contributed by atoms with Crippen molar-refractivity contribution in [2.75, 3.05) is 0 Å². The van der Waals surface area contributed by atoms with Crippen LogP contribution in [0, 0.1) is 0 Å². The minimum Gasteiger partial charge on any atom is -0.408 e. The van der Waals surface area contributed by atoms with Gasteiger partial charge in [-0.2, -0.15) is 0 Å². The second kappa shape index (κ2) is 6.30. The molecule has 3 rings (SSSR count). The SMILES string of the molecule is O=C(CCc1ccccc1)NCc1ccc2[nH]c(=O)oc2c1. The molecule has 0 bridgehead atoms. The van der Waals surface area contributed by atoms with Crippen LogP contribution < -0.4 is 11.1 Å². The number of nitrogens with one attached hydrogen (secondary N) is 2. The zero-order valence-corrected chi connectivity index (χ0v) is 12.0. The van der Waals surface area contributed by atoms with Crippen molar-refractivity contribution in [3.8, 4) is 0 Å². The summed E-state index contributed by atoms with van der Waals surface area (Å²) in [7, 11) is 0. The number of fused-ring (bicyclic) bond motifs is 1. The topological polar surface area (TPSA) is 75.1 Å². The van der Waals surface area contributed by atoms with E-state index >= 15 is 0 Å². The number of aromatic amines is 1. The van der Waals surface area contributed by atoms with Gasteiger partial charge >= 0.3 is 5.76 Å². The summed E-state index contributed by atoms with van der Waals surface area (Å²) in [6, 6.07) is 15.3. The van der Waals surface area contributed by atoms with Crippen LogP contribution >= 0.6 is 0 Å². The summed E-state index contributed by atoms with van der Waals surface area (Å²) in [5.41, 5.74) is 3.20. The highest BCUT2D eigenvalue weighted by Gasteiger charge is 2.05. The summed E-state index contributed by atoms with van der Waals surface area (Å²) in [5.74, 6) is -0.474. The lowest BCUT2D eigenvalue weighted by molar-refractivity contribution is -0.121. The van der Waals surface area contributed by atoms with Crippen LogP contribution in [0.3, 0.4) is 0 Å². The molecular weight excluding hydrogens is 280 g/mol. The van der Waals surface area contributed by atoms with Gasteiger partial charge in [0.15, 0.2) is 5.58 Å². The first kappa shape index (κ1) is 14.1. The van der Waals surface area contributed by atoms with E-state index in [1.807, 2.05) is 36.4 Å². The Labute approximate surface area is 127 Å². The normalized spacial score (nSPS) is 10.7. The first-order valence-electron chi connectivity index (χ1n) is 7.13. The molecule has 0 atom stereocenters. The van der Waals surface area contributed by atoms with Gasteiger partial charge in [-0.05, 0) is 29.7 Å². The number of oxazole rings is 1. The molecule has 1 amide bonds. The van der Waals surface area contributed by atoms with Crippen molar-refractivity contribution in [2.24, 2.45) is 0 Å². The third-order valence-corrected chi connectivity index (χ3v) is 3.46. The summed E-state index contributed by atoms with van der Waals surface area (Å²) >= 11 is 0. The summed E-state index contributed by atoms with van der Waals surface area (Å²) < 4.78 is 5.00. The minimum atomic E-state index is -0.473. The average molecular weight is 296 g/mol. The summed E-state index contributed by atoms with van der Waals surface area (Å²) in [6.45, 7) is 0.415. The van der Waals surface area contributed by atoms with E-state index in [9.17, 15) is 9.59 Å². The fourth-order valence-electron chi connectivity index (χ4n) is 2.29. The molecule has 0 saturated heterocycles. The number of rotatable bonds is 5. The first-order valence-corrected chi connectivity index (χ1v) is 7.13. The van der Waals surface area contributed by atoms with Crippen LogP contribution in [0.25, 0.3) is 11.1 Å². The highest BCUT2D eigenvalue weighted by molar-refractivity contribution is 5.76. The van der Waals surface area contributed by atoms with E-state index in [0.717, 1.165) is 17.5 Å². The molecule has 0 fully saturated rings. The van der Waals surface area contributed by atoms with E-state index in [1.165, 1.54) is 0 Å². The van der Waals surface area contributed by atoms with E-state index in [2.05, 4.69) is 10.3 Å². The summed E-state index contributed by atoms with van der Waals surface area (Å²) in [5, 5.41) is 2.87. The number of aromatic nitrogens is 1. The Bertz CT molecular complexity index is 834. The molecule has 0 unspecified atom stereocenters. The van der Waals surface area contributed by atoms with Gasteiger partial charge in [-0.1, -0.05) is 36.4 Å². The van der Waals surface area contributed by atoms with Crippen molar-refractivity contribution < 1.29 is 9.21 Å². The number of carbonyl (C=O) groups is 1. The van der Waals surface area contributed by atoms with Gasteiger partial charge in [-0.25, -0.2) is 4.79 Å². The lowest BCUT2D eigenvalue weighted by Crippen LogP contribution is -2.22. The Hall–Kier alpha value is -2.82. The number of benzene rings is 2. The Kier molecular flexibility index (Phi) is 4.05. The zero-order chi connectivity index (χ0) is 15.4. The number of aryl methyl sites for hydroxylation is 1. The number of H-pyrrole nitrogens is 1. The van der Waals surface area contributed by atoms with Crippen molar-refractivity contribution >= 4 is 17.0 Å². The summed E-state index contributed by atoms with van der Waals surface area (Å²) in [6.07, 6.45) is 1.17. The van der Waals surface area contributed by atoms with E-state index < -0.39 is 5.76 Å². The third-order valence-electron chi connectivity index (χ3n) is 3.46. The maximum atomic E-state index is 11.9. The second-order valence-electron chi connectivity index (χ2n) is 5.11. The van der Waals surface area contributed by atoms with Crippen molar-refractivity contribution in [1.82, 2.24) is 10.3 Å². The zero-order valence-electron chi connectivity index (χ0n) is 12.0. The lowest BCUT2D eigenvalue weighted by atomic mass is 10.1. The number of hydrogen-bond acceptors (Lipinski definition) is 3. The predicted molar refractivity (Wildman–Crippen MR) is 83.4 cm³/mol. The van der Waals surface area contributed by atoms with Crippen LogP contribution in [0.15, 0.2) is 57.7 Å². The van der Waals surface area contributed by atoms with Gasteiger partial charge in [0.1, 0.15) is 0 Å². The molecule has 0 radical (unpaired) electrons. The Morgan fingerprint density at radius 3 is 2.73 bits per heavy atom.